The number of likely N-dealkylation sites (tertiary alicyclic amines) is 1. The largest absolute Gasteiger partial charge is 0.399 e. The fourth-order valence-electron chi connectivity index (χ4n) is 2.51. The Labute approximate surface area is 115 Å². The zero-order valence-corrected chi connectivity index (χ0v) is 11.6. The average Bonchev–Trinajstić information content (AvgIpc) is 2.45. The van der Waals surface area contributed by atoms with Gasteiger partial charge >= 0.3 is 6.03 Å². The number of carbonyl (C=O) groups is 1. The molecule has 0 saturated carbocycles. The molecular weight excluding hydrogens is 238 g/mol. The van der Waals surface area contributed by atoms with Crippen LogP contribution in [0.2, 0.25) is 0 Å². The number of urea groups is 1. The maximum Gasteiger partial charge on any atom is 0.320 e. The lowest BCUT2D eigenvalue weighted by Gasteiger charge is -2.32. The van der Waals surface area contributed by atoms with Crippen LogP contribution in [0.4, 0.5) is 10.5 Å². The van der Waals surface area contributed by atoms with E-state index in [1.54, 1.807) is 0 Å². The van der Waals surface area contributed by atoms with E-state index in [4.69, 9.17) is 5.73 Å². The van der Waals surface area contributed by atoms with Crippen LogP contribution < -0.4 is 5.73 Å². The van der Waals surface area contributed by atoms with Crippen LogP contribution in [0.5, 0.6) is 0 Å². The molecule has 0 aromatic heterocycles. The van der Waals surface area contributed by atoms with Crippen LogP contribution in [0.3, 0.4) is 0 Å². The molecule has 2 rings (SSSR count). The van der Waals surface area contributed by atoms with Crippen LogP contribution in [0, 0.1) is 0 Å². The van der Waals surface area contributed by atoms with Crippen LogP contribution in [0.25, 0.3) is 0 Å². The Bertz CT molecular complexity index is 427. The summed E-state index contributed by atoms with van der Waals surface area (Å²) in [6.45, 7) is 5.17. The Morgan fingerprint density at radius 2 is 2.05 bits per heavy atom. The van der Waals surface area contributed by atoms with Crippen LogP contribution in [-0.4, -0.2) is 35.5 Å². The molecule has 1 aromatic carbocycles. The number of anilines is 1. The molecule has 104 valence electrons. The number of nitrogens with two attached hydrogens (primary N) is 1. The fourth-order valence-corrected chi connectivity index (χ4v) is 2.51. The van der Waals surface area contributed by atoms with Gasteiger partial charge in [0.2, 0.25) is 0 Å². The highest BCUT2D eigenvalue weighted by Crippen LogP contribution is 2.14. The van der Waals surface area contributed by atoms with Crippen molar-refractivity contribution in [1.82, 2.24) is 9.80 Å². The molecule has 0 atom stereocenters. The summed E-state index contributed by atoms with van der Waals surface area (Å²) in [5.41, 5.74) is 7.62. The van der Waals surface area contributed by atoms with Gasteiger partial charge in [-0.05, 0) is 43.9 Å². The third-order valence-corrected chi connectivity index (χ3v) is 3.60. The van der Waals surface area contributed by atoms with Crippen LogP contribution in [0.1, 0.15) is 31.7 Å². The lowest BCUT2D eigenvalue weighted by Crippen LogP contribution is -2.45. The minimum absolute atomic E-state index is 0.157. The van der Waals surface area contributed by atoms with Crippen molar-refractivity contribution in [2.45, 2.75) is 32.7 Å². The van der Waals surface area contributed by atoms with Gasteiger partial charge in [0, 0.05) is 31.9 Å². The molecule has 1 heterocycles. The lowest BCUT2D eigenvalue weighted by molar-refractivity contribution is 0.143. The van der Waals surface area contributed by atoms with Gasteiger partial charge in [-0.1, -0.05) is 12.1 Å². The first-order chi connectivity index (χ1) is 9.20. The van der Waals surface area contributed by atoms with E-state index in [2.05, 4.69) is 0 Å². The van der Waals surface area contributed by atoms with E-state index in [9.17, 15) is 4.79 Å². The monoisotopic (exact) mass is 261 g/mol. The lowest BCUT2D eigenvalue weighted by atomic mass is 10.1. The van der Waals surface area contributed by atoms with Crippen LogP contribution in [0.15, 0.2) is 24.3 Å². The maximum absolute atomic E-state index is 12.4. The summed E-state index contributed by atoms with van der Waals surface area (Å²) in [4.78, 5) is 16.3. The van der Waals surface area contributed by atoms with Crippen molar-refractivity contribution in [2.75, 3.05) is 25.4 Å². The van der Waals surface area contributed by atoms with Gasteiger partial charge in [-0.25, -0.2) is 4.79 Å². The summed E-state index contributed by atoms with van der Waals surface area (Å²) in [6, 6.07) is 7.91. The van der Waals surface area contributed by atoms with E-state index in [0.29, 0.717) is 6.54 Å². The number of hydrogen-bond donors (Lipinski definition) is 1. The Kier molecular flexibility index (Phi) is 4.66. The summed E-state index contributed by atoms with van der Waals surface area (Å²) < 4.78 is 0. The van der Waals surface area contributed by atoms with Crippen molar-refractivity contribution in [2.24, 2.45) is 0 Å². The Hall–Kier alpha value is -1.71. The molecule has 0 bridgehead atoms. The van der Waals surface area contributed by atoms with Gasteiger partial charge < -0.3 is 15.5 Å². The zero-order valence-electron chi connectivity index (χ0n) is 11.6. The smallest absolute Gasteiger partial charge is 0.320 e. The van der Waals surface area contributed by atoms with Crippen molar-refractivity contribution in [3.8, 4) is 0 Å². The second-order valence-corrected chi connectivity index (χ2v) is 5.09. The number of benzene rings is 1. The van der Waals surface area contributed by atoms with Gasteiger partial charge in [0.15, 0.2) is 0 Å². The average molecular weight is 261 g/mol. The second kappa shape index (κ2) is 6.45. The highest BCUT2D eigenvalue weighted by Gasteiger charge is 2.21. The molecule has 2 amide bonds. The second-order valence-electron chi connectivity index (χ2n) is 5.09. The molecule has 1 aliphatic heterocycles. The molecule has 1 aromatic rings. The zero-order chi connectivity index (χ0) is 13.7. The predicted octanol–water partition coefficient (Wildman–Crippen LogP) is 2.70. The van der Waals surface area contributed by atoms with Crippen LogP contribution >= 0.6 is 0 Å². The molecule has 1 saturated heterocycles. The number of hydrogen-bond acceptors (Lipinski definition) is 2. The van der Waals surface area contributed by atoms with Gasteiger partial charge in [0.1, 0.15) is 0 Å². The van der Waals surface area contributed by atoms with Crippen molar-refractivity contribution < 1.29 is 4.79 Å². The number of nitrogens with zero attached hydrogens (tertiary/aromatic N) is 2. The number of carbonyl (C=O) groups excluding carboxylic acids is 1. The van der Waals surface area contributed by atoms with Gasteiger partial charge in [-0.2, -0.15) is 0 Å². The van der Waals surface area contributed by atoms with Crippen molar-refractivity contribution in [1.29, 1.82) is 0 Å². The maximum atomic E-state index is 12.4. The first-order valence-electron chi connectivity index (χ1n) is 7.09. The Morgan fingerprint density at radius 3 is 2.68 bits per heavy atom. The molecule has 19 heavy (non-hydrogen) atoms. The third kappa shape index (κ3) is 3.63. The summed E-state index contributed by atoms with van der Waals surface area (Å²) in [5, 5.41) is 0. The minimum atomic E-state index is 0.157. The van der Waals surface area contributed by atoms with E-state index in [1.807, 2.05) is 41.0 Å². The fraction of sp³-hybridized carbons (Fsp3) is 0.533. The van der Waals surface area contributed by atoms with E-state index >= 15 is 0 Å². The molecule has 4 nitrogen and oxygen atoms in total. The van der Waals surface area contributed by atoms with Gasteiger partial charge in [0.25, 0.3) is 0 Å². The molecule has 1 fully saturated rings. The van der Waals surface area contributed by atoms with E-state index in [-0.39, 0.29) is 6.03 Å². The van der Waals surface area contributed by atoms with E-state index < -0.39 is 0 Å². The number of piperidine rings is 1. The number of rotatable bonds is 3. The molecular formula is C15H23N3O. The van der Waals surface area contributed by atoms with Crippen LogP contribution in [-0.2, 0) is 6.54 Å². The summed E-state index contributed by atoms with van der Waals surface area (Å²) in [5.74, 6) is 0. The summed E-state index contributed by atoms with van der Waals surface area (Å²) in [7, 11) is 0. The number of nitrogen functional groups attached to an aromatic ring is 1. The van der Waals surface area contributed by atoms with Crippen molar-refractivity contribution in [3.63, 3.8) is 0 Å². The predicted molar refractivity (Wildman–Crippen MR) is 77.8 cm³/mol. The summed E-state index contributed by atoms with van der Waals surface area (Å²) >= 11 is 0. The SMILES string of the molecule is CCN(Cc1cccc(N)c1)C(=O)N1CCCCC1. The summed E-state index contributed by atoms with van der Waals surface area (Å²) in [6.07, 6.45) is 3.49. The molecule has 1 aliphatic rings. The highest BCUT2D eigenvalue weighted by molar-refractivity contribution is 5.74. The molecule has 0 radical (unpaired) electrons. The molecule has 2 N–H and O–H groups in total. The highest BCUT2D eigenvalue weighted by atomic mass is 16.2. The standard InChI is InChI=1S/C15H23N3O/c1-2-17(12-13-7-6-8-14(16)11-13)15(19)18-9-4-3-5-10-18/h6-8,11H,2-5,9-10,12,16H2,1H3. The molecule has 0 aliphatic carbocycles. The molecule has 0 unspecified atom stereocenters. The van der Waals surface area contributed by atoms with Crippen molar-refractivity contribution in [3.05, 3.63) is 29.8 Å². The number of amides is 2. The van der Waals surface area contributed by atoms with Crippen molar-refractivity contribution >= 4 is 11.7 Å². The quantitative estimate of drug-likeness (QED) is 0.850. The Balaban J connectivity index is 2.00. The topological polar surface area (TPSA) is 49.6 Å². The van der Waals surface area contributed by atoms with E-state index in [0.717, 1.165) is 43.7 Å². The Morgan fingerprint density at radius 1 is 1.32 bits per heavy atom. The first-order valence-corrected chi connectivity index (χ1v) is 7.09. The van der Waals surface area contributed by atoms with E-state index in [1.165, 1.54) is 6.42 Å². The third-order valence-electron chi connectivity index (χ3n) is 3.60. The minimum Gasteiger partial charge on any atom is -0.399 e. The van der Waals surface area contributed by atoms with Gasteiger partial charge in [0.05, 0.1) is 0 Å². The normalized spacial score (nSPS) is 15.3. The first kappa shape index (κ1) is 13.7. The molecule has 0 spiro atoms. The molecule has 4 heteroatoms. The van der Waals surface area contributed by atoms with Gasteiger partial charge in [-0.3, -0.25) is 0 Å². The van der Waals surface area contributed by atoms with Gasteiger partial charge in [-0.15, -0.1) is 0 Å².